The van der Waals surface area contributed by atoms with Gasteiger partial charge in [0.15, 0.2) is 0 Å². The molecule has 0 spiro atoms. The fraction of sp³-hybridized carbons (Fsp3) is 0.600. The monoisotopic (exact) mass is 265 g/mol. The summed E-state index contributed by atoms with van der Waals surface area (Å²) in [5.41, 5.74) is 0. The Hall–Kier alpha value is -0.820. The maximum atomic E-state index is 8.68. The summed E-state index contributed by atoms with van der Waals surface area (Å²) in [6.07, 6.45) is 0.557. The molecule has 1 aromatic rings. The standard InChI is InChI=1S/C15H23NOS/c1-4-16(11-13(2)3)12-15-9-8-14(18-15)7-5-6-10-17/h8-9,13,17H,4,6,10-12H2,1-3H3. The van der Waals surface area contributed by atoms with Gasteiger partial charge in [-0.25, -0.2) is 0 Å². The van der Waals surface area contributed by atoms with E-state index >= 15 is 0 Å². The molecule has 0 aliphatic heterocycles. The first-order valence-corrected chi connectivity index (χ1v) is 7.38. The van der Waals surface area contributed by atoms with Gasteiger partial charge in [0, 0.05) is 24.4 Å². The van der Waals surface area contributed by atoms with Crippen molar-refractivity contribution in [2.45, 2.75) is 33.7 Å². The normalized spacial score (nSPS) is 10.8. The molecule has 2 nitrogen and oxygen atoms in total. The summed E-state index contributed by atoms with van der Waals surface area (Å²) in [5.74, 6) is 6.75. The maximum Gasteiger partial charge on any atom is 0.0771 e. The fourth-order valence-electron chi connectivity index (χ4n) is 1.78. The molecule has 0 amide bonds. The van der Waals surface area contributed by atoms with Crippen LogP contribution in [0.15, 0.2) is 12.1 Å². The van der Waals surface area contributed by atoms with Gasteiger partial charge in [0.05, 0.1) is 11.5 Å². The Kier molecular flexibility index (Phi) is 7.04. The van der Waals surface area contributed by atoms with Gasteiger partial charge in [0.2, 0.25) is 0 Å². The van der Waals surface area contributed by atoms with E-state index in [1.165, 1.54) is 4.88 Å². The number of hydrogen-bond acceptors (Lipinski definition) is 3. The lowest BCUT2D eigenvalue weighted by Crippen LogP contribution is -2.26. The van der Waals surface area contributed by atoms with Gasteiger partial charge in [-0.3, -0.25) is 4.90 Å². The summed E-state index contributed by atoms with van der Waals surface area (Å²) < 4.78 is 0. The van der Waals surface area contributed by atoms with Crippen LogP contribution in [0.1, 0.15) is 36.9 Å². The zero-order valence-electron chi connectivity index (χ0n) is 11.6. The Morgan fingerprint density at radius 1 is 1.39 bits per heavy atom. The van der Waals surface area contributed by atoms with Crippen molar-refractivity contribution in [3.8, 4) is 11.8 Å². The van der Waals surface area contributed by atoms with Gasteiger partial charge in [-0.05, 0) is 24.6 Å². The number of hydrogen-bond donors (Lipinski definition) is 1. The Balaban J connectivity index is 2.55. The van der Waals surface area contributed by atoms with E-state index in [4.69, 9.17) is 5.11 Å². The van der Waals surface area contributed by atoms with Crippen molar-refractivity contribution in [2.75, 3.05) is 19.7 Å². The third-order valence-corrected chi connectivity index (χ3v) is 3.55. The van der Waals surface area contributed by atoms with Crippen molar-refractivity contribution in [3.63, 3.8) is 0 Å². The first kappa shape index (κ1) is 15.2. The Labute approximate surface area is 115 Å². The molecule has 0 atom stereocenters. The molecule has 0 unspecified atom stereocenters. The molecule has 0 saturated heterocycles. The van der Waals surface area contributed by atoms with E-state index in [0.29, 0.717) is 12.3 Å². The minimum atomic E-state index is 0.142. The van der Waals surface area contributed by atoms with E-state index in [2.05, 4.69) is 49.6 Å². The largest absolute Gasteiger partial charge is 0.395 e. The molecule has 0 saturated carbocycles. The van der Waals surface area contributed by atoms with Gasteiger partial charge in [-0.15, -0.1) is 11.3 Å². The minimum absolute atomic E-state index is 0.142. The van der Waals surface area contributed by atoms with Crippen LogP contribution in [0.4, 0.5) is 0 Å². The first-order chi connectivity index (χ1) is 8.65. The van der Waals surface area contributed by atoms with E-state index in [-0.39, 0.29) is 6.61 Å². The predicted molar refractivity (Wildman–Crippen MR) is 78.7 cm³/mol. The predicted octanol–water partition coefficient (Wildman–Crippen LogP) is 2.96. The van der Waals surface area contributed by atoms with Gasteiger partial charge in [-0.1, -0.05) is 32.6 Å². The van der Waals surface area contributed by atoms with E-state index in [9.17, 15) is 0 Å². The van der Waals surface area contributed by atoms with Crippen LogP contribution in [0.2, 0.25) is 0 Å². The SMILES string of the molecule is CCN(Cc1ccc(C#CCCO)s1)CC(C)C. The molecule has 3 heteroatoms. The average molecular weight is 265 g/mol. The third kappa shape index (κ3) is 5.68. The van der Waals surface area contributed by atoms with Crippen LogP contribution in [0.25, 0.3) is 0 Å². The smallest absolute Gasteiger partial charge is 0.0771 e. The zero-order valence-corrected chi connectivity index (χ0v) is 12.4. The summed E-state index contributed by atoms with van der Waals surface area (Å²) in [5, 5.41) is 8.68. The quantitative estimate of drug-likeness (QED) is 0.799. The molecule has 1 aromatic heterocycles. The average Bonchev–Trinajstić information content (AvgIpc) is 2.76. The van der Waals surface area contributed by atoms with Crippen LogP contribution in [-0.4, -0.2) is 29.7 Å². The molecule has 0 aromatic carbocycles. The van der Waals surface area contributed by atoms with E-state index < -0.39 is 0 Å². The molecular weight excluding hydrogens is 242 g/mol. The molecule has 0 radical (unpaired) electrons. The van der Waals surface area contributed by atoms with Crippen LogP contribution in [-0.2, 0) is 6.54 Å². The molecular formula is C15H23NOS. The van der Waals surface area contributed by atoms with Crippen molar-refractivity contribution in [3.05, 3.63) is 21.9 Å². The van der Waals surface area contributed by atoms with Gasteiger partial charge in [0.1, 0.15) is 0 Å². The lowest BCUT2D eigenvalue weighted by Gasteiger charge is -2.21. The Morgan fingerprint density at radius 3 is 2.78 bits per heavy atom. The van der Waals surface area contributed by atoms with Crippen molar-refractivity contribution < 1.29 is 5.11 Å². The van der Waals surface area contributed by atoms with Gasteiger partial charge >= 0.3 is 0 Å². The van der Waals surface area contributed by atoms with Crippen molar-refractivity contribution in [2.24, 2.45) is 5.92 Å². The van der Waals surface area contributed by atoms with E-state index in [1.54, 1.807) is 11.3 Å². The highest BCUT2D eigenvalue weighted by molar-refractivity contribution is 7.12. The molecule has 0 bridgehead atoms. The van der Waals surface area contributed by atoms with Crippen LogP contribution in [0, 0.1) is 17.8 Å². The second-order valence-corrected chi connectivity index (χ2v) is 5.93. The van der Waals surface area contributed by atoms with Gasteiger partial charge < -0.3 is 5.11 Å². The molecule has 100 valence electrons. The molecule has 1 heterocycles. The fourth-order valence-corrected chi connectivity index (χ4v) is 2.70. The summed E-state index contributed by atoms with van der Waals surface area (Å²) in [6, 6.07) is 4.24. The summed E-state index contributed by atoms with van der Waals surface area (Å²) in [4.78, 5) is 4.92. The van der Waals surface area contributed by atoms with Crippen LogP contribution in [0.3, 0.4) is 0 Å². The number of aliphatic hydroxyl groups is 1. The molecule has 1 N–H and O–H groups in total. The molecule has 0 aliphatic carbocycles. The number of nitrogens with zero attached hydrogens (tertiary/aromatic N) is 1. The topological polar surface area (TPSA) is 23.5 Å². The summed E-state index contributed by atoms with van der Waals surface area (Å²) in [6.45, 7) is 10.1. The minimum Gasteiger partial charge on any atom is -0.395 e. The number of thiophene rings is 1. The molecule has 0 fully saturated rings. The molecule has 0 aliphatic rings. The van der Waals surface area contributed by atoms with Crippen molar-refractivity contribution >= 4 is 11.3 Å². The third-order valence-electron chi connectivity index (χ3n) is 2.56. The van der Waals surface area contributed by atoms with Crippen molar-refractivity contribution in [1.29, 1.82) is 0 Å². The molecule has 1 rings (SSSR count). The number of rotatable bonds is 6. The maximum absolute atomic E-state index is 8.68. The lowest BCUT2D eigenvalue weighted by molar-refractivity contribution is 0.250. The highest BCUT2D eigenvalue weighted by Crippen LogP contribution is 2.18. The van der Waals surface area contributed by atoms with Gasteiger partial charge in [-0.2, -0.15) is 0 Å². The van der Waals surface area contributed by atoms with E-state index in [0.717, 1.165) is 24.5 Å². The highest BCUT2D eigenvalue weighted by atomic mass is 32.1. The van der Waals surface area contributed by atoms with Gasteiger partial charge in [0.25, 0.3) is 0 Å². The van der Waals surface area contributed by atoms with Crippen molar-refractivity contribution in [1.82, 2.24) is 4.90 Å². The van der Waals surface area contributed by atoms with Crippen LogP contribution in [0.5, 0.6) is 0 Å². The highest BCUT2D eigenvalue weighted by Gasteiger charge is 2.07. The Bertz CT molecular complexity index is 400. The second kappa shape index (κ2) is 8.31. The van der Waals surface area contributed by atoms with Crippen LogP contribution >= 0.6 is 11.3 Å². The van der Waals surface area contributed by atoms with Crippen LogP contribution < -0.4 is 0 Å². The van der Waals surface area contributed by atoms with E-state index in [1.807, 2.05) is 0 Å². The zero-order chi connectivity index (χ0) is 13.4. The summed E-state index contributed by atoms with van der Waals surface area (Å²) >= 11 is 1.76. The Morgan fingerprint density at radius 2 is 2.17 bits per heavy atom. The molecule has 18 heavy (non-hydrogen) atoms. The second-order valence-electron chi connectivity index (χ2n) is 4.76. The lowest BCUT2D eigenvalue weighted by atomic mass is 10.2. The summed E-state index contributed by atoms with van der Waals surface area (Å²) in [7, 11) is 0. The number of aliphatic hydroxyl groups excluding tert-OH is 1. The first-order valence-electron chi connectivity index (χ1n) is 6.56.